The second-order valence-electron chi connectivity index (χ2n) is 7.42. The van der Waals surface area contributed by atoms with E-state index in [1.807, 2.05) is 62.4 Å². The molecule has 0 aromatic heterocycles. The van der Waals surface area contributed by atoms with E-state index in [1.54, 1.807) is 24.3 Å². The molecule has 0 bridgehead atoms. The fraction of sp³-hybridized carbons (Fsp3) is 0.167. The highest BCUT2D eigenvalue weighted by atomic mass is 79.9. The van der Waals surface area contributed by atoms with Crippen molar-refractivity contribution in [1.82, 2.24) is 9.73 Å². The summed E-state index contributed by atoms with van der Waals surface area (Å²) in [4.78, 5) is 12.7. The average Bonchev–Trinajstić information content (AvgIpc) is 2.75. The van der Waals surface area contributed by atoms with Crippen molar-refractivity contribution in [3.05, 3.63) is 99.5 Å². The number of carbonyl (C=O) groups is 1. The predicted octanol–water partition coefficient (Wildman–Crippen LogP) is 4.41. The van der Waals surface area contributed by atoms with Gasteiger partial charge in [0.15, 0.2) is 0 Å². The number of rotatable bonds is 8. The van der Waals surface area contributed by atoms with E-state index in [9.17, 15) is 13.2 Å². The van der Waals surface area contributed by atoms with Gasteiger partial charge >= 0.3 is 0 Å². The summed E-state index contributed by atoms with van der Waals surface area (Å²) < 4.78 is 28.7. The van der Waals surface area contributed by atoms with Gasteiger partial charge < -0.3 is 0 Å². The number of hydrazone groups is 1. The molecular weight excluding hydrogens is 490 g/mol. The van der Waals surface area contributed by atoms with Crippen LogP contribution in [-0.2, 0) is 21.4 Å². The van der Waals surface area contributed by atoms with E-state index in [-0.39, 0.29) is 18.0 Å². The van der Waals surface area contributed by atoms with Gasteiger partial charge in [0.2, 0.25) is 10.0 Å². The molecule has 0 aliphatic carbocycles. The van der Waals surface area contributed by atoms with Crippen LogP contribution < -0.4 is 5.43 Å². The third-order valence-corrected chi connectivity index (χ3v) is 7.03. The van der Waals surface area contributed by atoms with E-state index in [1.165, 1.54) is 6.21 Å². The van der Waals surface area contributed by atoms with Crippen LogP contribution in [0.4, 0.5) is 0 Å². The monoisotopic (exact) mass is 513 g/mol. The van der Waals surface area contributed by atoms with E-state index in [2.05, 4.69) is 26.5 Å². The first kappa shape index (κ1) is 23.8. The standard InChI is InChI=1S/C24H24BrN3O3S/c1-18-6-12-23(13-7-18)32(30,31)28(16-21-5-3-4-19(2)14-21)17-24(29)27-26-15-20-8-10-22(25)11-9-20/h3-15H,16-17H2,1-2H3,(H,27,29)/b26-15-. The molecule has 0 heterocycles. The number of hydrogen-bond donors (Lipinski definition) is 1. The molecule has 0 aliphatic heterocycles. The van der Waals surface area contributed by atoms with E-state index in [0.29, 0.717) is 0 Å². The number of halogens is 1. The molecule has 1 amide bonds. The molecule has 166 valence electrons. The summed E-state index contributed by atoms with van der Waals surface area (Å²) >= 11 is 3.36. The normalized spacial score (nSPS) is 11.8. The fourth-order valence-electron chi connectivity index (χ4n) is 3.02. The average molecular weight is 514 g/mol. The molecule has 1 N–H and O–H groups in total. The van der Waals surface area contributed by atoms with Crippen LogP contribution >= 0.6 is 15.9 Å². The number of nitrogens with one attached hydrogen (secondary N) is 1. The van der Waals surface area contributed by atoms with Gasteiger partial charge in [0.05, 0.1) is 17.7 Å². The van der Waals surface area contributed by atoms with E-state index in [0.717, 1.165) is 31.0 Å². The number of aryl methyl sites for hydroxylation is 2. The van der Waals surface area contributed by atoms with Crippen LogP contribution in [0.3, 0.4) is 0 Å². The molecule has 0 spiro atoms. The van der Waals surface area contributed by atoms with Crippen molar-refractivity contribution in [2.45, 2.75) is 25.3 Å². The quantitative estimate of drug-likeness (QED) is 0.358. The number of carbonyl (C=O) groups excluding carboxylic acids is 1. The molecule has 0 saturated heterocycles. The molecule has 32 heavy (non-hydrogen) atoms. The van der Waals surface area contributed by atoms with Gasteiger partial charge in [0.25, 0.3) is 5.91 Å². The number of nitrogens with zero attached hydrogens (tertiary/aromatic N) is 2. The summed E-state index contributed by atoms with van der Waals surface area (Å²) in [5.74, 6) is -0.526. The zero-order valence-electron chi connectivity index (χ0n) is 17.8. The van der Waals surface area contributed by atoms with Crippen LogP contribution in [0.5, 0.6) is 0 Å². The van der Waals surface area contributed by atoms with Crippen LogP contribution in [0.25, 0.3) is 0 Å². The summed E-state index contributed by atoms with van der Waals surface area (Å²) in [6.45, 7) is 3.53. The highest BCUT2D eigenvalue weighted by Gasteiger charge is 2.27. The number of sulfonamides is 1. The van der Waals surface area contributed by atoms with Crippen molar-refractivity contribution in [2.24, 2.45) is 5.10 Å². The van der Waals surface area contributed by atoms with E-state index >= 15 is 0 Å². The first-order valence-electron chi connectivity index (χ1n) is 9.94. The topological polar surface area (TPSA) is 78.8 Å². The predicted molar refractivity (Wildman–Crippen MR) is 130 cm³/mol. The molecule has 0 aliphatic rings. The maximum atomic E-state index is 13.3. The van der Waals surface area contributed by atoms with Crippen LogP contribution in [0.1, 0.15) is 22.3 Å². The Bertz CT molecular complexity index is 1210. The van der Waals surface area contributed by atoms with Crippen LogP contribution in [0.2, 0.25) is 0 Å². The molecular formula is C24H24BrN3O3S. The minimum Gasteiger partial charge on any atom is -0.272 e. The molecule has 0 radical (unpaired) electrons. The Morgan fingerprint density at radius 1 is 1.00 bits per heavy atom. The van der Waals surface area contributed by atoms with Crippen molar-refractivity contribution >= 4 is 38.1 Å². The number of benzene rings is 3. The summed E-state index contributed by atoms with van der Waals surface area (Å²) in [7, 11) is -3.89. The van der Waals surface area contributed by atoms with Crippen LogP contribution in [-0.4, -0.2) is 31.4 Å². The fourth-order valence-corrected chi connectivity index (χ4v) is 4.67. The summed E-state index contributed by atoms with van der Waals surface area (Å²) in [5, 5.41) is 3.95. The minimum atomic E-state index is -3.89. The molecule has 3 aromatic carbocycles. The lowest BCUT2D eigenvalue weighted by Gasteiger charge is -2.22. The highest BCUT2D eigenvalue weighted by molar-refractivity contribution is 9.10. The van der Waals surface area contributed by atoms with Crippen molar-refractivity contribution in [3.8, 4) is 0 Å². The molecule has 0 atom stereocenters. The first-order chi connectivity index (χ1) is 15.2. The Kier molecular flexibility index (Phi) is 7.95. The molecule has 3 rings (SSSR count). The van der Waals surface area contributed by atoms with Crippen molar-refractivity contribution in [2.75, 3.05) is 6.54 Å². The third kappa shape index (κ3) is 6.59. The second-order valence-corrected chi connectivity index (χ2v) is 10.3. The van der Waals surface area contributed by atoms with E-state index in [4.69, 9.17) is 0 Å². The van der Waals surface area contributed by atoms with Crippen molar-refractivity contribution < 1.29 is 13.2 Å². The lowest BCUT2D eigenvalue weighted by atomic mass is 10.1. The Balaban J connectivity index is 1.79. The van der Waals surface area contributed by atoms with Gasteiger partial charge in [-0.25, -0.2) is 13.8 Å². The first-order valence-corrected chi connectivity index (χ1v) is 12.2. The molecule has 3 aromatic rings. The van der Waals surface area contributed by atoms with Crippen LogP contribution in [0, 0.1) is 13.8 Å². The largest absolute Gasteiger partial charge is 0.272 e. The summed E-state index contributed by atoms with van der Waals surface area (Å²) in [6, 6.07) is 21.5. The van der Waals surface area contributed by atoms with Gasteiger partial charge in [0.1, 0.15) is 0 Å². The molecule has 0 fully saturated rings. The third-order valence-electron chi connectivity index (χ3n) is 4.69. The van der Waals surface area contributed by atoms with Gasteiger partial charge in [-0.05, 0) is 49.2 Å². The van der Waals surface area contributed by atoms with Gasteiger partial charge in [0, 0.05) is 11.0 Å². The Morgan fingerprint density at radius 3 is 2.34 bits per heavy atom. The maximum absolute atomic E-state index is 13.3. The van der Waals surface area contributed by atoms with Gasteiger partial charge in [-0.1, -0.05) is 75.6 Å². The smallest absolute Gasteiger partial charge is 0.255 e. The van der Waals surface area contributed by atoms with Gasteiger partial charge in [-0.3, -0.25) is 4.79 Å². The van der Waals surface area contributed by atoms with Crippen molar-refractivity contribution in [3.63, 3.8) is 0 Å². The number of hydrogen-bond acceptors (Lipinski definition) is 4. The molecule has 0 saturated carbocycles. The minimum absolute atomic E-state index is 0.0712. The second kappa shape index (κ2) is 10.7. The summed E-state index contributed by atoms with van der Waals surface area (Å²) in [6.07, 6.45) is 1.50. The lowest BCUT2D eigenvalue weighted by molar-refractivity contribution is -0.121. The van der Waals surface area contributed by atoms with E-state index < -0.39 is 15.9 Å². The molecule has 0 unspecified atom stereocenters. The maximum Gasteiger partial charge on any atom is 0.255 e. The SMILES string of the molecule is Cc1ccc(S(=O)(=O)N(CC(=O)N/N=C\c2ccc(Br)cc2)Cc2cccc(C)c2)cc1. The van der Waals surface area contributed by atoms with Gasteiger partial charge in [-0.15, -0.1) is 0 Å². The Morgan fingerprint density at radius 2 is 1.69 bits per heavy atom. The number of amides is 1. The molecule has 8 heteroatoms. The zero-order chi connectivity index (χ0) is 23.1. The van der Waals surface area contributed by atoms with Gasteiger partial charge in [-0.2, -0.15) is 9.41 Å². The van der Waals surface area contributed by atoms with Crippen LogP contribution in [0.15, 0.2) is 87.3 Å². The Labute approximate surface area is 197 Å². The Hall–Kier alpha value is -2.81. The molecule has 6 nitrogen and oxygen atoms in total. The van der Waals surface area contributed by atoms with Crippen molar-refractivity contribution in [1.29, 1.82) is 0 Å². The zero-order valence-corrected chi connectivity index (χ0v) is 20.2. The summed E-state index contributed by atoms with van der Waals surface area (Å²) in [5.41, 5.74) is 5.99. The highest BCUT2D eigenvalue weighted by Crippen LogP contribution is 2.19. The lowest BCUT2D eigenvalue weighted by Crippen LogP contribution is -2.39.